The minimum atomic E-state index is 1.10. The van der Waals surface area contributed by atoms with Gasteiger partial charge >= 0.3 is 0 Å². The van der Waals surface area contributed by atoms with Crippen molar-refractivity contribution in [3.8, 4) is 0 Å². The van der Waals surface area contributed by atoms with Crippen molar-refractivity contribution < 1.29 is 0 Å². The molecule has 0 aliphatic heterocycles. The molecule has 0 N–H and O–H groups in total. The zero-order chi connectivity index (χ0) is 11.5. The number of nitrogens with zero attached hydrogens (tertiary/aromatic N) is 1. The first-order chi connectivity index (χ1) is 7.79. The molecular formula is C15H19N. The van der Waals surface area contributed by atoms with Gasteiger partial charge in [0, 0.05) is 28.7 Å². The maximum atomic E-state index is 2.42. The van der Waals surface area contributed by atoms with Crippen molar-refractivity contribution in [1.29, 1.82) is 0 Å². The van der Waals surface area contributed by atoms with Gasteiger partial charge in [-0.2, -0.15) is 0 Å². The minimum Gasteiger partial charge on any atom is -0.344 e. The number of rotatable bonds is 3. The maximum absolute atomic E-state index is 2.42. The molecular weight excluding hydrogens is 194 g/mol. The Morgan fingerprint density at radius 3 is 2.69 bits per heavy atom. The summed E-state index contributed by atoms with van der Waals surface area (Å²) >= 11 is 0. The highest BCUT2D eigenvalue weighted by Gasteiger charge is 2.10. The molecule has 84 valence electrons. The molecule has 1 aromatic heterocycles. The highest BCUT2D eigenvalue weighted by Crippen LogP contribution is 2.27. The van der Waals surface area contributed by atoms with E-state index in [-0.39, 0.29) is 0 Å². The van der Waals surface area contributed by atoms with Crippen LogP contribution in [-0.2, 0) is 6.54 Å². The van der Waals surface area contributed by atoms with Crippen LogP contribution in [-0.4, -0.2) is 4.57 Å². The summed E-state index contributed by atoms with van der Waals surface area (Å²) in [5, 5.41) is 1.37. The zero-order valence-electron chi connectivity index (χ0n) is 10.3. The summed E-state index contributed by atoms with van der Waals surface area (Å²) in [6.07, 6.45) is 5.50. The molecule has 0 spiro atoms. The molecule has 0 amide bonds. The van der Waals surface area contributed by atoms with Gasteiger partial charge in [0.05, 0.1) is 0 Å². The summed E-state index contributed by atoms with van der Waals surface area (Å²) in [6, 6.07) is 8.66. The summed E-state index contributed by atoms with van der Waals surface area (Å²) in [6.45, 7) is 7.61. The van der Waals surface area contributed by atoms with E-state index in [0.29, 0.717) is 0 Å². The van der Waals surface area contributed by atoms with Crippen LogP contribution in [0, 0.1) is 6.92 Å². The van der Waals surface area contributed by atoms with Crippen LogP contribution in [0.15, 0.2) is 30.3 Å². The molecule has 1 heterocycles. The van der Waals surface area contributed by atoms with Crippen molar-refractivity contribution in [2.75, 3.05) is 0 Å². The topological polar surface area (TPSA) is 4.93 Å². The van der Waals surface area contributed by atoms with Crippen LogP contribution >= 0.6 is 0 Å². The van der Waals surface area contributed by atoms with Crippen LogP contribution in [0.4, 0.5) is 0 Å². The van der Waals surface area contributed by atoms with E-state index in [4.69, 9.17) is 0 Å². The highest BCUT2D eigenvalue weighted by molar-refractivity contribution is 5.91. The largest absolute Gasteiger partial charge is 0.344 e. The average molecular weight is 213 g/mol. The Balaban J connectivity index is 2.74. The number of hydrogen-bond donors (Lipinski definition) is 0. The normalized spacial score (nSPS) is 11.7. The minimum absolute atomic E-state index is 1.10. The third kappa shape index (κ3) is 1.67. The highest BCUT2D eigenvalue weighted by atomic mass is 15.0. The molecule has 1 aromatic carbocycles. The second-order valence-electron chi connectivity index (χ2n) is 4.17. The Hall–Kier alpha value is -1.50. The van der Waals surface area contributed by atoms with Crippen LogP contribution in [0.2, 0.25) is 0 Å². The van der Waals surface area contributed by atoms with Gasteiger partial charge in [0.15, 0.2) is 0 Å². The standard InChI is InChI=1S/C15H19N/c1-4-8-13-12(3)16(11-5-2)15-10-7-6-9-14(13)15/h4,6-10H,5,11H2,1-3H3/b8-4-. The molecule has 0 fully saturated rings. The van der Waals surface area contributed by atoms with Crippen molar-refractivity contribution in [2.24, 2.45) is 0 Å². The van der Waals surface area contributed by atoms with Crippen LogP contribution in [0.25, 0.3) is 17.0 Å². The molecule has 2 aromatic rings. The molecule has 0 atom stereocenters. The zero-order valence-corrected chi connectivity index (χ0v) is 10.3. The summed E-state index contributed by atoms with van der Waals surface area (Å²) < 4.78 is 2.42. The van der Waals surface area contributed by atoms with Gasteiger partial charge in [-0.1, -0.05) is 37.3 Å². The predicted molar refractivity (Wildman–Crippen MR) is 71.7 cm³/mol. The number of benzene rings is 1. The van der Waals surface area contributed by atoms with E-state index in [0.717, 1.165) is 6.54 Å². The monoisotopic (exact) mass is 213 g/mol. The fourth-order valence-electron chi connectivity index (χ4n) is 2.35. The quantitative estimate of drug-likeness (QED) is 0.712. The molecule has 1 nitrogen and oxygen atoms in total. The number of allylic oxidation sites excluding steroid dienone is 1. The number of hydrogen-bond acceptors (Lipinski definition) is 0. The van der Waals surface area contributed by atoms with Crippen LogP contribution in [0.1, 0.15) is 31.5 Å². The Morgan fingerprint density at radius 2 is 2.00 bits per heavy atom. The number of aryl methyl sites for hydroxylation is 1. The first-order valence-corrected chi connectivity index (χ1v) is 6.00. The van der Waals surface area contributed by atoms with Crippen molar-refractivity contribution in [2.45, 2.75) is 33.7 Å². The fraction of sp³-hybridized carbons (Fsp3) is 0.333. The van der Waals surface area contributed by atoms with Gasteiger partial charge in [-0.25, -0.2) is 0 Å². The third-order valence-electron chi connectivity index (χ3n) is 3.06. The lowest BCUT2D eigenvalue weighted by Crippen LogP contribution is -1.98. The average Bonchev–Trinajstić information content (AvgIpc) is 2.56. The van der Waals surface area contributed by atoms with E-state index in [2.05, 4.69) is 61.8 Å². The van der Waals surface area contributed by atoms with Crippen molar-refractivity contribution in [3.63, 3.8) is 0 Å². The number of para-hydroxylation sites is 1. The molecule has 0 saturated heterocycles. The van der Waals surface area contributed by atoms with Crippen molar-refractivity contribution in [1.82, 2.24) is 4.57 Å². The van der Waals surface area contributed by atoms with E-state index in [1.165, 1.54) is 28.6 Å². The molecule has 0 aliphatic rings. The van der Waals surface area contributed by atoms with Crippen LogP contribution in [0.5, 0.6) is 0 Å². The molecule has 16 heavy (non-hydrogen) atoms. The van der Waals surface area contributed by atoms with E-state index in [9.17, 15) is 0 Å². The second-order valence-corrected chi connectivity index (χ2v) is 4.17. The third-order valence-corrected chi connectivity index (χ3v) is 3.06. The summed E-state index contributed by atoms with van der Waals surface area (Å²) in [5.74, 6) is 0. The smallest absolute Gasteiger partial charge is 0.0488 e. The van der Waals surface area contributed by atoms with Gasteiger partial charge in [0.1, 0.15) is 0 Å². The summed E-state index contributed by atoms with van der Waals surface area (Å²) in [4.78, 5) is 0. The summed E-state index contributed by atoms with van der Waals surface area (Å²) in [5.41, 5.74) is 4.10. The van der Waals surface area contributed by atoms with Crippen molar-refractivity contribution in [3.05, 3.63) is 41.6 Å². The van der Waals surface area contributed by atoms with Gasteiger partial charge in [0.25, 0.3) is 0 Å². The Kier molecular flexibility index (Phi) is 3.14. The molecule has 0 saturated carbocycles. The maximum Gasteiger partial charge on any atom is 0.0488 e. The first kappa shape index (κ1) is 11.0. The van der Waals surface area contributed by atoms with E-state index >= 15 is 0 Å². The van der Waals surface area contributed by atoms with E-state index < -0.39 is 0 Å². The van der Waals surface area contributed by atoms with Gasteiger partial charge in [0.2, 0.25) is 0 Å². The lowest BCUT2D eigenvalue weighted by Gasteiger charge is -2.05. The van der Waals surface area contributed by atoms with Gasteiger partial charge in [-0.05, 0) is 26.3 Å². The first-order valence-electron chi connectivity index (χ1n) is 6.00. The number of fused-ring (bicyclic) bond motifs is 1. The molecule has 0 bridgehead atoms. The molecule has 0 unspecified atom stereocenters. The summed E-state index contributed by atoms with van der Waals surface area (Å²) in [7, 11) is 0. The van der Waals surface area contributed by atoms with E-state index in [1.807, 2.05) is 0 Å². The lowest BCUT2D eigenvalue weighted by molar-refractivity contribution is 0.685. The SMILES string of the molecule is C/C=C\c1c(C)n(CCC)c2ccccc12. The van der Waals surface area contributed by atoms with Crippen LogP contribution < -0.4 is 0 Å². The predicted octanol–water partition coefficient (Wildman–Crippen LogP) is 4.39. The van der Waals surface area contributed by atoms with Gasteiger partial charge in [-0.15, -0.1) is 0 Å². The Bertz CT molecular complexity index is 517. The number of aromatic nitrogens is 1. The van der Waals surface area contributed by atoms with Gasteiger partial charge in [-0.3, -0.25) is 0 Å². The van der Waals surface area contributed by atoms with E-state index in [1.54, 1.807) is 0 Å². The van der Waals surface area contributed by atoms with Crippen molar-refractivity contribution >= 4 is 17.0 Å². The molecule has 0 radical (unpaired) electrons. The molecule has 2 rings (SSSR count). The Labute approximate surface area is 97.4 Å². The fourth-order valence-corrected chi connectivity index (χ4v) is 2.35. The Morgan fingerprint density at radius 1 is 1.25 bits per heavy atom. The molecule has 1 heteroatoms. The second kappa shape index (κ2) is 4.56. The molecule has 0 aliphatic carbocycles. The van der Waals surface area contributed by atoms with Gasteiger partial charge < -0.3 is 4.57 Å². The lowest BCUT2D eigenvalue weighted by atomic mass is 10.1. The van der Waals surface area contributed by atoms with Crippen LogP contribution in [0.3, 0.4) is 0 Å².